The number of benzene rings is 1. The Bertz CT molecular complexity index is 567. The standard InChI is InChI=1S/C17H21NO3/c1-2-13-11-17(19,8-10-20-13)16(12-18)7-9-21-15-6-4-3-5-14(15)16/h3-6,13,19H,2,7-11H2,1H3. The highest BCUT2D eigenvalue weighted by Crippen LogP contribution is 2.50. The Balaban J connectivity index is 2.07. The van der Waals surface area contributed by atoms with Crippen LogP contribution in [-0.4, -0.2) is 30.0 Å². The van der Waals surface area contributed by atoms with Crippen LogP contribution >= 0.6 is 0 Å². The van der Waals surface area contributed by atoms with Crippen molar-refractivity contribution >= 4 is 0 Å². The zero-order chi connectivity index (χ0) is 14.9. The third-order valence-electron chi connectivity index (χ3n) is 4.96. The van der Waals surface area contributed by atoms with Gasteiger partial charge in [0.15, 0.2) is 0 Å². The molecule has 0 aliphatic carbocycles. The Labute approximate surface area is 125 Å². The van der Waals surface area contributed by atoms with Crippen molar-refractivity contribution in [3.63, 3.8) is 0 Å². The molecular weight excluding hydrogens is 266 g/mol. The molecule has 1 saturated heterocycles. The molecule has 3 atom stereocenters. The third-order valence-corrected chi connectivity index (χ3v) is 4.96. The number of aliphatic hydroxyl groups is 1. The molecule has 0 saturated carbocycles. The van der Waals surface area contributed by atoms with E-state index in [-0.39, 0.29) is 6.10 Å². The number of para-hydroxylation sites is 1. The lowest BCUT2D eigenvalue weighted by molar-refractivity contribution is -0.136. The molecule has 112 valence electrons. The largest absolute Gasteiger partial charge is 0.493 e. The van der Waals surface area contributed by atoms with Gasteiger partial charge >= 0.3 is 0 Å². The second kappa shape index (κ2) is 5.32. The first-order valence-corrected chi connectivity index (χ1v) is 7.63. The fourth-order valence-corrected chi connectivity index (χ4v) is 3.68. The molecule has 2 aliphatic rings. The smallest absolute Gasteiger partial charge is 0.124 e. The first-order chi connectivity index (χ1) is 10.1. The lowest BCUT2D eigenvalue weighted by atomic mass is 9.61. The molecule has 1 aromatic carbocycles. The molecule has 2 heterocycles. The molecule has 4 heteroatoms. The molecule has 1 fully saturated rings. The maximum absolute atomic E-state index is 11.3. The molecule has 0 amide bonds. The van der Waals surface area contributed by atoms with Gasteiger partial charge in [0.2, 0.25) is 0 Å². The molecule has 2 aliphatic heterocycles. The molecular formula is C17H21NO3. The third kappa shape index (κ3) is 2.12. The van der Waals surface area contributed by atoms with Gasteiger partial charge in [-0.1, -0.05) is 25.1 Å². The van der Waals surface area contributed by atoms with E-state index in [0.717, 1.165) is 17.7 Å². The summed E-state index contributed by atoms with van der Waals surface area (Å²) >= 11 is 0. The van der Waals surface area contributed by atoms with Crippen molar-refractivity contribution in [3.05, 3.63) is 29.8 Å². The number of rotatable bonds is 2. The van der Waals surface area contributed by atoms with Crippen molar-refractivity contribution in [2.75, 3.05) is 13.2 Å². The van der Waals surface area contributed by atoms with Crippen molar-refractivity contribution in [2.45, 2.75) is 49.7 Å². The number of hydrogen-bond acceptors (Lipinski definition) is 4. The topological polar surface area (TPSA) is 62.5 Å². The van der Waals surface area contributed by atoms with Crippen molar-refractivity contribution in [2.24, 2.45) is 0 Å². The molecule has 21 heavy (non-hydrogen) atoms. The summed E-state index contributed by atoms with van der Waals surface area (Å²) in [5.74, 6) is 0.721. The van der Waals surface area contributed by atoms with Crippen LogP contribution in [0.25, 0.3) is 0 Å². The van der Waals surface area contributed by atoms with E-state index in [1.807, 2.05) is 31.2 Å². The van der Waals surface area contributed by atoms with Crippen LogP contribution in [0.3, 0.4) is 0 Å². The zero-order valence-electron chi connectivity index (χ0n) is 12.3. The van der Waals surface area contributed by atoms with E-state index in [4.69, 9.17) is 9.47 Å². The van der Waals surface area contributed by atoms with Crippen LogP contribution in [-0.2, 0) is 10.2 Å². The minimum Gasteiger partial charge on any atom is -0.493 e. The highest BCUT2D eigenvalue weighted by atomic mass is 16.5. The van der Waals surface area contributed by atoms with Crippen molar-refractivity contribution in [3.8, 4) is 11.8 Å². The summed E-state index contributed by atoms with van der Waals surface area (Å²) in [6, 6.07) is 10.0. The van der Waals surface area contributed by atoms with Gasteiger partial charge in [-0.3, -0.25) is 0 Å². The zero-order valence-corrected chi connectivity index (χ0v) is 12.3. The maximum Gasteiger partial charge on any atom is 0.124 e. The van der Waals surface area contributed by atoms with E-state index < -0.39 is 11.0 Å². The Hall–Kier alpha value is -1.57. The van der Waals surface area contributed by atoms with Crippen LogP contribution < -0.4 is 4.74 Å². The second-order valence-corrected chi connectivity index (χ2v) is 6.00. The predicted molar refractivity (Wildman–Crippen MR) is 78.1 cm³/mol. The summed E-state index contributed by atoms with van der Waals surface area (Å²) in [5, 5.41) is 21.3. The quantitative estimate of drug-likeness (QED) is 0.908. The summed E-state index contributed by atoms with van der Waals surface area (Å²) in [6.45, 7) is 3.01. The highest BCUT2D eigenvalue weighted by molar-refractivity contribution is 5.48. The summed E-state index contributed by atoms with van der Waals surface area (Å²) in [6.07, 6.45) is 2.38. The van der Waals surface area contributed by atoms with Gasteiger partial charge in [-0.05, 0) is 12.5 Å². The summed E-state index contributed by atoms with van der Waals surface area (Å²) < 4.78 is 11.4. The van der Waals surface area contributed by atoms with E-state index in [9.17, 15) is 10.4 Å². The molecule has 0 bridgehead atoms. The average Bonchev–Trinajstić information content (AvgIpc) is 2.54. The Kier molecular flexibility index (Phi) is 3.64. The lowest BCUT2D eigenvalue weighted by Crippen LogP contribution is -2.57. The maximum atomic E-state index is 11.3. The van der Waals surface area contributed by atoms with Crippen LogP contribution in [0.15, 0.2) is 24.3 Å². The Morgan fingerprint density at radius 3 is 2.90 bits per heavy atom. The Morgan fingerprint density at radius 1 is 1.33 bits per heavy atom. The molecule has 0 aromatic heterocycles. The SMILES string of the molecule is CCC1CC(O)(C2(C#N)CCOc3ccccc32)CCO1. The number of ether oxygens (including phenoxy) is 2. The minimum absolute atomic E-state index is 0.0176. The summed E-state index contributed by atoms with van der Waals surface area (Å²) in [7, 11) is 0. The molecule has 0 spiro atoms. The van der Waals surface area contributed by atoms with Gasteiger partial charge in [0, 0.05) is 31.4 Å². The molecule has 3 rings (SSSR count). The fraction of sp³-hybridized carbons (Fsp3) is 0.588. The molecule has 1 aromatic rings. The number of nitriles is 1. The normalized spacial score (nSPS) is 35.4. The van der Waals surface area contributed by atoms with Crippen molar-refractivity contribution in [1.29, 1.82) is 5.26 Å². The minimum atomic E-state index is -1.06. The van der Waals surface area contributed by atoms with Gasteiger partial charge < -0.3 is 14.6 Å². The van der Waals surface area contributed by atoms with E-state index >= 15 is 0 Å². The van der Waals surface area contributed by atoms with E-state index in [1.165, 1.54) is 0 Å². The Morgan fingerprint density at radius 2 is 2.14 bits per heavy atom. The van der Waals surface area contributed by atoms with Gasteiger partial charge in [-0.15, -0.1) is 0 Å². The summed E-state index contributed by atoms with van der Waals surface area (Å²) in [4.78, 5) is 0. The van der Waals surface area contributed by atoms with Crippen molar-refractivity contribution < 1.29 is 14.6 Å². The number of fused-ring (bicyclic) bond motifs is 1. The van der Waals surface area contributed by atoms with E-state index in [0.29, 0.717) is 32.5 Å². The van der Waals surface area contributed by atoms with Gasteiger partial charge in [-0.25, -0.2) is 0 Å². The van der Waals surface area contributed by atoms with Crippen LogP contribution in [0.1, 0.15) is 38.2 Å². The second-order valence-electron chi connectivity index (χ2n) is 6.00. The van der Waals surface area contributed by atoms with Gasteiger partial charge in [-0.2, -0.15) is 5.26 Å². The van der Waals surface area contributed by atoms with E-state index in [1.54, 1.807) is 0 Å². The number of nitrogens with zero attached hydrogens (tertiary/aromatic N) is 1. The van der Waals surface area contributed by atoms with E-state index in [2.05, 4.69) is 6.07 Å². The molecule has 4 nitrogen and oxygen atoms in total. The van der Waals surface area contributed by atoms with Gasteiger partial charge in [0.05, 0.1) is 24.4 Å². The summed E-state index contributed by atoms with van der Waals surface area (Å²) in [5.41, 5.74) is -1.14. The van der Waals surface area contributed by atoms with Crippen LogP contribution in [0, 0.1) is 11.3 Å². The lowest BCUT2D eigenvalue weighted by Gasteiger charge is -2.49. The van der Waals surface area contributed by atoms with Gasteiger partial charge in [0.25, 0.3) is 0 Å². The molecule has 0 radical (unpaired) electrons. The predicted octanol–water partition coefficient (Wildman–Crippen LogP) is 2.55. The van der Waals surface area contributed by atoms with Crippen molar-refractivity contribution in [1.82, 2.24) is 0 Å². The first-order valence-electron chi connectivity index (χ1n) is 7.63. The highest BCUT2D eigenvalue weighted by Gasteiger charge is 2.56. The monoisotopic (exact) mass is 287 g/mol. The van der Waals surface area contributed by atoms with Crippen LogP contribution in [0.2, 0.25) is 0 Å². The first kappa shape index (κ1) is 14.4. The number of hydrogen-bond donors (Lipinski definition) is 1. The molecule has 3 unspecified atom stereocenters. The van der Waals surface area contributed by atoms with Gasteiger partial charge in [0.1, 0.15) is 11.2 Å². The molecule has 1 N–H and O–H groups in total. The van der Waals surface area contributed by atoms with Crippen LogP contribution in [0.4, 0.5) is 0 Å². The van der Waals surface area contributed by atoms with Crippen LogP contribution in [0.5, 0.6) is 5.75 Å². The average molecular weight is 287 g/mol. The fourth-order valence-electron chi connectivity index (χ4n) is 3.68.